The molecular weight excluding hydrogens is 398 g/mol. The smallest absolute Gasteiger partial charge is 0.239 e. The van der Waals surface area contributed by atoms with Gasteiger partial charge >= 0.3 is 0 Å². The van der Waals surface area contributed by atoms with Crippen LogP contribution in [0.1, 0.15) is 10.4 Å². The Morgan fingerprint density at radius 2 is 1.81 bits per heavy atom. The van der Waals surface area contributed by atoms with Gasteiger partial charge in [-0.2, -0.15) is 0 Å². The number of alkyl halides is 2. The second-order valence-electron chi connectivity index (χ2n) is 4.44. The number of hydrogen-bond acceptors (Lipinski definition) is 2. The number of carbonyl (C=O) groups excluding carboxylic acids is 1. The topological polar surface area (TPSA) is 38.3 Å². The Hall–Kier alpha value is -1.33. The first-order valence-corrected chi connectivity index (χ1v) is 8.23. The molecule has 0 saturated heterocycles. The highest BCUT2D eigenvalue weighted by molar-refractivity contribution is 9.12. The van der Waals surface area contributed by atoms with E-state index in [2.05, 4.69) is 37.2 Å². The molecule has 2 aromatic carbocycles. The summed E-state index contributed by atoms with van der Waals surface area (Å²) in [5.74, 6) is 0.589. The second-order valence-corrected chi connectivity index (χ2v) is 6.41. The zero-order chi connectivity index (χ0) is 15.2. The lowest BCUT2D eigenvalue weighted by molar-refractivity contribution is -0.115. The van der Waals surface area contributed by atoms with Gasteiger partial charge in [0.1, 0.15) is 10.6 Å². The molecule has 110 valence electrons. The summed E-state index contributed by atoms with van der Waals surface area (Å²) in [6.45, 7) is 0. The monoisotopic (exact) mass is 411 g/mol. The van der Waals surface area contributed by atoms with Gasteiger partial charge in [-0.05, 0) is 17.7 Å². The number of nitrogens with one attached hydrogen (secondary N) is 1. The van der Waals surface area contributed by atoms with Crippen molar-refractivity contribution in [1.29, 1.82) is 0 Å². The average molecular weight is 413 g/mol. The van der Waals surface area contributed by atoms with Crippen LogP contribution in [0.15, 0.2) is 54.6 Å². The van der Waals surface area contributed by atoms with Crippen LogP contribution in [0.25, 0.3) is 0 Å². The third kappa shape index (κ3) is 4.32. The van der Waals surface area contributed by atoms with Crippen LogP contribution < -0.4 is 10.1 Å². The van der Waals surface area contributed by atoms with Crippen molar-refractivity contribution in [3.05, 3.63) is 60.2 Å². The molecule has 21 heavy (non-hydrogen) atoms. The third-order valence-electron chi connectivity index (χ3n) is 2.96. The Kier molecular flexibility index (Phi) is 5.82. The van der Waals surface area contributed by atoms with E-state index in [1.807, 2.05) is 48.5 Å². The number of anilines is 1. The van der Waals surface area contributed by atoms with Crippen LogP contribution in [0, 0.1) is 0 Å². The van der Waals surface area contributed by atoms with Gasteiger partial charge in [0.2, 0.25) is 5.91 Å². The van der Waals surface area contributed by atoms with Gasteiger partial charge in [-0.1, -0.05) is 68.3 Å². The molecule has 0 aliphatic heterocycles. The third-order valence-corrected chi connectivity index (χ3v) is 5.67. The number of methoxy groups -OCH3 is 1. The normalized spacial score (nSPS) is 13.3. The molecule has 0 fully saturated rings. The molecule has 2 rings (SSSR count). The number of benzene rings is 2. The van der Waals surface area contributed by atoms with E-state index < -0.39 is 0 Å². The van der Waals surface area contributed by atoms with Gasteiger partial charge < -0.3 is 10.1 Å². The van der Waals surface area contributed by atoms with Gasteiger partial charge in [0.05, 0.1) is 11.9 Å². The molecule has 0 spiro atoms. The molecule has 0 aromatic heterocycles. The number of ether oxygens (including phenoxy) is 1. The number of halogens is 2. The molecule has 0 unspecified atom stereocenters. The van der Waals surface area contributed by atoms with Crippen molar-refractivity contribution in [2.75, 3.05) is 12.4 Å². The maximum atomic E-state index is 12.3. The van der Waals surface area contributed by atoms with Crippen molar-refractivity contribution in [2.24, 2.45) is 0 Å². The number of hydrogen-bond donors (Lipinski definition) is 1. The van der Waals surface area contributed by atoms with E-state index in [1.165, 1.54) is 0 Å². The minimum absolute atomic E-state index is 0.107. The molecule has 1 N–H and O–H groups in total. The van der Waals surface area contributed by atoms with Crippen LogP contribution in [0.2, 0.25) is 0 Å². The lowest BCUT2D eigenvalue weighted by atomic mass is 10.1. The highest BCUT2D eigenvalue weighted by Gasteiger charge is 2.25. The van der Waals surface area contributed by atoms with E-state index >= 15 is 0 Å². The van der Waals surface area contributed by atoms with Crippen molar-refractivity contribution in [3.63, 3.8) is 0 Å². The minimum atomic E-state index is -0.383. The maximum Gasteiger partial charge on any atom is 0.239 e. The van der Waals surface area contributed by atoms with Gasteiger partial charge in [-0.25, -0.2) is 0 Å². The van der Waals surface area contributed by atoms with Crippen molar-refractivity contribution >= 4 is 43.5 Å². The summed E-state index contributed by atoms with van der Waals surface area (Å²) in [7, 11) is 1.60. The maximum absolute atomic E-state index is 12.3. The fourth-order valence-electron chi connectivity index (χ4n) is 1.85. The van der Waals surface area contributed by atoms with E-state index in [4.69, 9.17) is 4.74 Å². The van der Waals surface area contributed by atoms with Gasteiger partial charge in [0.25, 0.3) is 0 Å². The van der Waals surface area contributed by atoms with Crippen LogP contribution in [-0.4, -0.2) is 17.8 Å². The van der Waals surface area contributed by atoms with Gasteiger partial charge in [-0.3, -0.25) is 4.79 Å². The molecule has 3 nitrogen and oxygen atoms in total. The quantitative estimate of drug-likeness (QED) is 0.732. The number of amides is 1. The first-order valence-electron chi connectivity index (χ1n) is 6.40. The zero-order valence-electron chi connectivity index (χ0n) is 11.4. The minimum Gasteiger partial charge on any atom is -0.497 e. The summed E-state index contributed by atoms with van der Waals surface area (Å²) >= 11 is 7.01. The summed E-state index contributed by atoms with van der Waals surface area (Å²) < 4.78 is 5.14. The Labute approximate surface area is 141 Å². The highest BCUT2D eigenvalue weighted by atomic mass is 79.9. The van der Waals surface area contributed by atoms with Gasteiger partial charge in [0.15, 0.2) is 0 Å². The molecule has 0 aliphatic carbocycles. The molecule has 0 bridgehead atoms. The molecule has 0 heterocycles. The fraction of sp³-hybridized carbons (Fsp3) is 0.188. The molecule has 5 heteroatoms. The van der Waals surface area contributed by atoms with Gasteiger partial charge in [-0.15, -0.1) is 0 Å². The molecule has 0 radical (unpaired) electrons. The predicted octanol–water partition coefficient (Wildman–Crippen LogP) is 4.53. The Bertz CT molecular complexity index is 604. The van der Waals surface area contributed by atoms with Crippen molar-refractivity contribution in [2.45, 2.75) is 9.65 Å². The number of rotatable bonds is 5. The van der Waals surface area contributed by atoms with Gasteiger partial charge in [0, 0.05) is 11.8 Å². The van der Waals surface area contributed by atoms with E-state index in [-0.39, 0.29) is 15.6 Å². The summed E-state index contributed by atoms with van der Waals surface area (Å²) in [6, 6.07) is 17.1. The van der Waals surface area contributed by atoms with Crippen LogP contribution in [0.4, 0.5) is 5.69 Å². The summed E-state index contributed by atoms with van der Waals surface area (Å²) in [6.07, 6.45) is 0. The van der Waals surface area contributed by atoms with Crippen molar-refractivity contribution in [1.82, 2.24) is 0 Å². The first-order chi connectivity index (χ1) is 10.1. The molecule has 0 aliphatic rings. The Morgan fingerprint density at radius 1 is 1.10 bits per heavy atom. The Balaban J connectivity index is 2.05. The van der Waals surface area contributed by atoms with E-state index in [0.717, 1.165) is 5.56 Å². The number of carbonyl (C=O) groups is 1. The molecular formula is C16H15Br2NO2. The largest absolute Gasteiger partial charge is 0.497 e. The van der Waals surface area contributed by atoms with Crippen molar-refractivity contribution < 1.29 is 9.53 Å². The van der Waals surface area contributed by atoms with Crippen LogP contribution in [0.3, 0.4) is 0 Å². The van der Waals surface area contributed by atoms with E-state index in [9.17, 15) is 4.79 Å². The average Bonchev–Trinajstić information content (AvgIpc) is 2.54. The van der Waals surface area contributed by atoms with Crippen LogP contribution >= 0.6 is 31.9 Å². The molecule has 1 amide bonds. The zero-order valence-corrected chi connectivity index (χ0v) is 14.6. The lowest BCUT2D eigenvalue weighted by Gasteiger charge is -2.17. The van der Waals surface area contributed by atoms with E-state index in [1.54, 1.807) is 13.2 Å². The highest BCUT2D eigenvalue weighted by Crippen LogP contribution is 2.32. The van der Waals surface area contributed by atoms with E-state index in [0.29, 0.717) is 11.4 Å². The summed E-state index contributed by atoms with van der Waals surface area (Å²) in [5.41, 5.74) is 1.75. The SMILES string of the molecule is COc1cccc(NC(=O)[C@@H](Br)[C@@H](Br)c2ccccc2)c1. The standard InChI is InChI=1S/C16H15Br2NO2/c1-21-13-9-5-8-12(10-13)19-16(20)15(18)14(17)11-6-3-2-4-7-11/h2-10,14-15H,1H3,(H,19,20)/t14-,15-/m0/s1. The Morgan fingerprint density at radius 3 is 2.48 bits per heavy atom. The predicted molar refractivity (Wildman–Crippen MR) is 92.4 cm³/mol. The van der Waals surface area contributed by atoms with Crippen LogP contribution in [-0.2, 0) is 4.79 Å². The lowest BCUT2D eigenvalue weighted by Crippen LogP contribution is -2.26. The summed E-state index contributed by atoms with van der Waals surface area (Å²) in [4.78, 5) is 11.8. The molecule has 2 atom stereocenters. The second kappa shape index (κ2) is 7.61. The molecule has 0 saturated carbocycles. The molecule has 2 aromatic rings. The summed E-state index contributed by atoms with van der Waals surface area (Å²) in [5, 5.41) is 2.87. The first kappa shape index (κ1) is 16.0. The fourth-order valence-corrected chi connectivity index (χ4v) is 2.82. The van der Waals surface area contributed by atoms with Crippen molar-refractivity contribution in [3.8, 4) is 5.75 Å². The van der Waals surface area contributed by atoms with Crippen LogP contribution in [0.5, 0.6) is 5.75 Å².